The van der Waals surface area contributed by atoms with Crippen LogP contribution in [0.15, 0.2) is 54.6 Å². The van der Waals surface area contributed by atoms with Crippen molar-refractivity contribution < 1.29 is 13.9 Å². The normalized spacial score (nSPS) is 12.9. The number of nitrogens with one attached hydrogen (secondary N) is 1. The predicted molar refractivity (Wildman–Crippen MR) is 128 cm³/mol. The van der Waals surface area contributed by atoms with Crippen molar-refractivity contribution >= 4 is 23.3 Å². The zero-order chi connectivity index (χ0) is 22.5. The van der Waals surface area contributed by atoms with Gasteiger partial charge >= 0.3 is 0 Å². The van der Waals surface area contributed by atoms with Crippen LogP contribution in [0.25, 0.3) is 0 Å². The fourth-order valence-corrected chi connectivity index (χ4v) is 4.40. The number of hydrogen-bond acceptors (Lipinski definition) is 4. The molecule has 166 valence electrons. The number of aryl methyl sites for hydroxylation is 2. The van der Waals surface area contributed by atoms with Gasteiger partial charge in [-0.25, -0.2) is 4.39 Å². The summed E-state index contributed by atoms with van der Waals surface area (Å²) in [4.78, 5) is 12.9. The molecular weight excluding hydrogens is 403 g/mol. The number of halogens is 1. The van der Waals surface area contributed by atoms with Crippen LogP contribution in [-0.4, -0.2) is 19.9 Å². The van der Waals surface area contributed by atoms with Crippen molar-refractivity contribution in [3.63, 3.8) is 0 Å². The van der Waals surface area contributed by atoms with E-state index < -0.39 is 0 Å². The first-order valence-corrected chi connectivity index (χ1v) is 11.1. The lowest BCUT2D eigenvalue weighted by atomic mass is 9.94. The highest BCUT2D eigenvalue weighted by Gasteiger charge is 2.22. The van der Waals surface area contributed by atoms with Gasteiger partial charge in [0.25, 0.3) is 0 Å². The number of rotatable bonds is 8. The summed E-state index contributed by atoms with van der Waals surface area (Å²) in [6.07, 6.45) is 3.78. The summed E-state index contributed by atoms with van der Waals surface area (Å²) in [6.45, 7) is 3.76. The average molecular weight is 433 g/mol. The van der Waals surface area contributed by atoms with Gasteiger partial charge in [-0.05, 0) is 84.8 Å². The topological polar surface area (TPSA) is 41.6 Å². The van der Waals surface area contributed by atoms with E-state index in [1.54, 1.807) is 13.2 Å². The number of aldehydes is 1. The summed E-state index contributed by atoms with van der Waals surface area (Å²) in [6, 6.07) is 17.7. The Morgan fingerprint density at radius 1 is 1.09 bits per heavy atom. The van der Waals surface area contributed by atoms with E-state index in [2.05, 4.69) is 41.4 Å². The zero-order valence-electron chi connectivity index (χ0n) is 18.7. The molecule has 4 rings (SSSR count). The summed E-state index contributed by atoms with van der Waals surface area (Å²) in [5.41, 5.74) is 7.54. The molecule has 0 aliphatic carbocycles. The van der Waals surface area contributed by atoms with Crippen LogP contribution in [0.2, 0.25) is 0 Å². The first-order valence-electron chi connectivity index (χ1n) is 11.1. The van der Waals surface area contributed by atoms with Crippen molar-refractivity contribution in [2.24, 2.45) is 0 Å². The monoisotopic (exact) mass is 432 g/mol. The van der Waals surface area contributed by atoms with Crippen molar-refractivity contribution in [3.8, 4) is 5.75 Å². The van der Waals surface area contributed by atoms with Crippen LogP contribution in [-0.2, 0) is 24.2 Å². The Bertz CT molecular complexity index is 1100. The lowest BCUT2D eigenvalue weighted by molar-refractivity contribution is -0.107. The van der Waals surface area contributed by atoms with Gasteiger partial charge in [0.1, 0.15) is 17.9 Å². The molecule has 3 aromatic carbocycles. The van der Waals surface area contributed by atoms with Gasteiger partial charge in [0, 0.05) is 36.6 Å². The summed E-state index contributed by atoms with van der Waals surface area (Å²) in [7, 11) is 1.68. The number of carbonyl (C=O) groups excluding carboxylic acids is 1. The Hall–Kier alpha value is -3.34. The summed E-state index contributed by atoms with van der Waals surface area (Å²) in [5, 5.41) is 3.36. The Morgan fingerprint density at radius 3 is 2.59 bits per heavy atom. The Morgan fingerprint density at radius 2 is 1.88 bits per heavy atom. The van der Waals surface area contributed by atoms with Crippen LogP contribution in [0.4, 0.5) is 21.5 Å². The molecular formula is C27H29FN2O2. The molecule has 0 atom stereocenters. The zero-order valence-corrected chi connectivity index (χ0v) is 18.7. The van der Waals surface area contributed by atoms with Gasteiger partial charge in [0.2, 0.25) is 0 Å². The van der Waals surface area contributed by atoms with Crippen LogP contribution in [0.3, 0.4) is 0 Å². The molecule has 0 spiro atoms. The number of ether oxygens (including phenoxy) is 1. The molecule has 3 aromatic rings. The largest absolute Gasteiger partial charge is 0.497 e. The summed E-state index contributed by atoms with van der Waals surface area (Å²) in [5.74, 6) is 0.578. The Labute approximate surface area is 189 Å². The fraction of sp³-hybridized carbons (Fsp3) is 0.296. The number of fused-ring (bicyclic) bond motifs is 1. The third-order valence-corrected chi connectivity index (χ3v) is 6.18. The number of hydrogen-bond donors (Lipinski definition) is 1. The summed E-state index contributed by atoms with van der Waals surface area (Å²) >= 11 is 0. The number of carbonyl (C=O) groups is 1. The summed E-state index contributed by atoms with van der Waals surface area (Å²) < 4.78 is 19.6. The molecule has 1 N–H and O–H groups in total. The molecule has 32 heavy (non-hydrogen) atoms. The molecule has 0 radical (unpaired) electrons. The molecule has 4 nitrogen and oxygen atoms in total. The maximum atomic E-state index is 14.3. The highest BCUT2D eigenvalue weighted by Crippen LogP contribution is 2.38. The number of nitrogens with zero attached hydrogens (tertiary/aromatic N) is 1. The lowest BCUT2D eigenvalue weighted by Crippen LogP contribution is -2.26. The third-order valence-electron chi connectivity index (χ3n) is 6.18. The van der Waals surface area contributed by atoms with Crippen LogP contribution >= 0.6 is 0 Å². The van der Waals surface area contributed by atoms with E-state index in [1.165, 1.54) is 28.4 Å². The molecule has 0 saturated carbocycles. The fourth-order valence-electron chi connectivity index (χ4n) is 4.40. The van der Waals surface area contributed by atoms with Gasteiger partial charge < -0.3 is 19.7 Å². The van der Waals surface area contributed by atoms with E-state index in [0.29, 0.717) is 24.9 Å². The molecule has 5 heteroatoms. The number of methoxy groups -OCH3 is 1. The van der Waals surface area contributed by atoms with Gasteiger partial charge in [0.15, 0.2) is 0 Å². The van der Waals surface area contributed by atoms with Crippen molar-refractivity contribution in [1.29, 1.82) is 0 Å². The smallest absolute Gasteiger partial charge is 0.128 e. The van der Waals surface area contributed by atoms with E-state index in [0.717, 1.165) is 42.8 Å². The maximum Gasteiger partial charge on any atom is 0.128 e. The molecule has 0 saturated heterocycles. The molecule has 0 aromatic heterocycles. The SMILES string of the molecule is COc1ccc(N2CCCc3ccc(CNc4ccc(CCC=O)c(F)c4)c(C)c32)cc1. The first kappa shape index (κ1) is 21.9. The molecule has 1 aliphatic rings. The van der Waals surface area contributed by atoms with E-state index in [9.17, 15) is 9.18 Å². The minimum Gasteiger partial charge on any atom is -0.497 e. The van der Waals surface area contributed by atoms with Crippen molar-refractivity contribution in [1.82, 2.24) is 0 Å². The lowest BCUT2D eigenvalue weighted by Gasteiger charge is -2.34. The van der Waals surface area contributed by atoms with Crippen LogP contribution < -0.4 is 15.0 Å². The van der Waals surface area contributed by atoms with Gasteiger partial charge in [-0.3, -0.25) is 0 Å². The quantitative estimate of drug-likeness (QED) is 0.445. The van der Waals surface area contributed by atoms with Crippen LogP contribution in [0.1, 0.15) is 35.1 Å². The first-order chi connectivity index (χ1) is 15.6. The number of benzene rings is 3. The molecule has 1 aliphatic heterocycles. The van der Waals surface area contributed by atoms with Crippen molar-refractivity contribution in [2.45, 2.75) is 39.2 Å². The van der Waals surface area contributed by atoms with E-state index >= 15 is 0 Å². The van der Waals surface area contributed by atoms with Crippen LogP contribution in [0.5, 0.6) is 5.75 Å². The van der Waals surface area contributed by atoms with Crippen molar-refractivity contribution in [3.05, 3.63) is 82.7 Å². The second-order valence-electron chi connectivity index (χ2n) is 8.18. The van der Waals surface area contributed by atoms with E-state index in [4.69, 9.17) is 4.74 Å². The van der Waals surface area contributed by atoms with E-state index in [-0.39, 0.29) is 5.82 Å². The average Bonchev–Trinajstić information content (AvgIpc) is 2.83. The van der Waals surface area contributed by atoms with Gasteiger partial charge in [-0.15, -0.1) is 0 Å². The maximum absolute atomic E-state index is 14.3. The minimum atomic E-state index is -0.273. The highest BCUT2D eigenvalue weighted by molar-refractivity contribution is 5.72. The number of anilines is 3. The molecule has 0 amide bonds. The van der Waals surface area contributed by atoms with Gasteiger partial charge in [-0.1, -0.05) is 18.2 Å². The third kappa shape index (κ3) is 4.62. The Kier molecular flexibility index (Phi) is 6.74. The molecule has 1 heterocycles. The molecule has 0 unspecified atom stereocenters. The molecule has 0 fully saturated rings. The predicted octanol–water partition coefficient (Wildman–Crippen LogP) is 5.97. The second-order valence-corrected chi connectivity index (χ2v) is 8.18. The molecule has 0 bridgehead atoms. The standard InChI is InChI=1S/C27H29FN2O2/c1-19-22(18-29-23-10-9-20(6-4-16-31)26(28)17-23)8-7-21-5-3-15-30(27(19)21)24-11-13-25(32-2)14-12-24/h7-14,16-17,29H,3-6,15,18H2,1-2H3. The van der Waals surface area contributed by atoms with Gasteiger partial charge in [-0.2, -0.15) is 0 Å². The second kappa shape index (κ2) is 9.86. The Balaban J connectivity index is 1.55. The minimum absolute atomic E-state index is 0.273. The van der Waals surface area contributed by atoms with Gasteiger partial charge in [0.05, 0.1) is 7.11 Å². The van der Waals surface area contributed by atoms with Crippen molar-refractivity contribution in [2.75, 3.05) is 23.9 Å². The van der Waals surface area contributed by atoms with Crippen LogP contribution in [0, 0.1) is 12.7 Å². The van der Waals surface area contributed by atoms with E-state index in [1.807, 2.05) is 18.2 Å². The highest BCUT2D eigenvalue weighted by atomic mass is 19.1.